The molecule has 108 valence electrons. The molecule has 1 aromatic heterocycles. The molecule has 20 heavy (non-hydrogen) atoms. The highest BCUT2D eigenvalue weighted by atomic mass is 35.7. The van der Waals surface area contributed by atoms with Gasteiger partial charge < -0.3 is 9.15 Å². The lowest BCUT2D eigenvalue weighted by Crippen LogP contribution is -2.02. The largest absolute Gasteiger partial charge is 0.484 e. The van der Waals surface area contributed by atoms with E-state index in [9.17, 15) is 8.42 Å². The van der Waals surface area contributed by atoms with Crippen LogP contribution in [0.3, 0.4) is 0 Å². The summed E-state index contributed by atoms with van der Waals surface area (Å²) in [6.45, 7) is 5.24. The van der Waals surface area contributed by atoms with Gasteiger partial charge in [0.2, 0.25) is 5.89 Å². The Balaban J connectivity index is 2.24. The number of ether oxygens (including phenoxy) is 1. The molecule has 0 aliphatic carbocycles. The first-order valence-corrected chi connectivity index (χ1v) is 8.06. The Morgan fingerprint density at radius 3 is 2.45 bits per heavy atom. The molecule has 0 N–H and O–H groups in total. The molecular weight excluding hydrogens is 304 g/mol. The van der Waals surface area contributed by atoms with E-state index in [1.165, 1.54) is 6.07 Å². The van der Waals surface area contributed by atoms with E-state index < -0.39 is 9.05 Å². The van der Waals surface area contributed by atoms with Gasteiger partial charge in [-0.25, -0.2) is 8.42 Å². The molecule has 0 aliphatic heterocycles. The van der Waals surface area contributed by atoms with E-state index in [0.717, 1.165) is 0 Å². The molecule has 0 aliphatic rings. The van der Waals surface area contributed by atoms with Crippen LogP contribution >= 0.6 is 10.7 Å². The van der Waals surface area contributed by atoms with E-state index in [2.05, 4.69) is 10.2 Å². The van der Waals surface area contributed by atoms with E-state index in [1.807, 2.05) is 0 Å². The molecule has 0 saturated carbocycles. The van der Waals surface area contributed by atoms with E-state index >= 15 is 0 Å². The monoisotopic (exact) mass is 316 g/mol. The van der Waals surface area contributed by atoms with Crippen LogP contribution in [0.25, 0.3) is 0 Å². The lowest BCUT2D eigenvalue weighted by Gasteiger charge is -2.11. The highest BCUT2D eigenvalue weighted by Gasteiger charge is 2.17. The summed E-state index contributed by atoms with van der Waals surface area (Å²) in [5, 5.41) is 7.50. The molecular formula is C12H13ClN2O4S. The van der Waals surface area contributed by atoms with Gasteiger partial charge in [0.25, 0.3) is 14.9 Å². The number of halogens is 1. The number of aromatic nitrogens is 2. The van der Waals surface area contributed by atoms with Crippen LogP contribution in [-0.2, 0) is 15.7 Å². The molecule has 2 rings (SSSR count). The number of aryl methyl sites for hydroxylation is 1. The minimum Gasteiger partial charge on any atom is -0.484 e. The van der Waals surface area contributed by atoms with Gasteiger partial charge in [-0.05, 0) is 37.1 Å². The molecule has 0 amide bonds. The first kappa shape index (κ1) is 14.8. The summed E-state index contributed by atoms with van der Waals surface area (Å²) < 4.78 is 33.5. The zero-order valence-electron chi connectivity index (χ0n) is 11.2. The lowest BCUT2D eigenvalue weighted by atomic mass is 10.1. The van der Waals surface area contributed by atoms with Gasteiger partial charge >= 0.3 is 0 Å². The third-order valence-corrected chi connectivity index (χ3v) is 4.34. The molecule has 0 spiro atoms. The smallest absolute Gasteiger partial charge is 0.261 e. The molecule has 0 bridgehead atoms. The fourth-order valence-corrected chi connectivity index (χ4v) is 2.98. The first-order chi connectivity index (χ1) is 9.29. The SMILES string of the molecule is Cc1nnc(COc2ccc(S(=O)(=O)Cl)c(C)c2C)o1. The van der Waals surface area contributed by atoms with Gasteiger partial charge in [0.1, 0.15) is 5.75 Å². The minimum absolute atomic E-state index is 0.0812. The van der Waals surface area contributed by atoms with Gasteiger partial charge in [-0.1, -0.05) is 0 Å². The normalized spacial score (nSPS) is 11.6. The van der Waals surface area contributed by atoms with Gasteiger partial charge in [-0.15, -0.1) is 10.2 Å². The Morgan fingerprint density at radius 1 is 1.20 bits per heavy atom. The van der Waals surface area contributed by atoms with E-state index in [-0.39, 0.29) is 11.5 Å². The summed E-state index contributed by atoms with van der Waals surface area (Å²) in [6, 6.07) is 2.97. The second-order valence-electron chi connectivity index (χ2n) is 4.25. The molecule has 0 unspecified atom stereocenters. The number of hydrogen-bond acceptors (Lipinski definition) is 6. The predicted octanol–water partition coefficient (Wildman–Crippen LogP) is 2.50. The Hall–Kier alpha value is -1.60. The fourth-order valence-electron chi connectivity index (χ4n) is 1.73. The molecule has 1 aromatic carbocycles. The van der Waals surface area contributed by atoms with Crippen molar-refractivity contribution in [2.24, 2.45) is 0 Å². The van der Waals surface area contributed by atoms with E-state index in [4.69, 9.17) is 19.8 Å². The van der Waals surface area contributed by atoms with Gasteiger partial charge in [0.05, 0.1) is 4.90 Å². The third kappa shape index (κ3) is 3.10. The highest BCUT2D eigenvalue weighted by molar-refractivity contribution is 8.13. The second-order valence-corrected chi connectivity index (χ2v) is 6.79. The average Bonchev–Trinajstić information content (AvgIpc) is 2.75. The summed E-state index contributed by atoms with van der Waals surface area (Å²) in [5.41, 5.74) is 1.25. The second kappa shape index (κ2) is 5.41. The zero-order chi connectivity index (χ0) is 14.9. The van der Waals surface area contributed by atoms with Crippen LogP contribution < -0.4 is 4.74 Å². The van der Waals surface area contributed by atoms with Crippen LogP contribution in [0.15, 0.2) is 21.4 Å². The van der Waals surface area contributed by atoms with E-state index in [0.29, 0.717) is 28.7 Å². The zero-order valence-corrected chi connectivity index (χ0v) is 12.7. The van der Waals surface area contributed by atoms with Crippen LogP contribution in [0.1, 0.15) is 22.9 Å². The van der Waals surface area contributed by atoms with Crippen molar-refractivity contribution in [3.8, 4) is 5.75 Å². The van der Waals surface area contributed by atoms with Crippen molar-refractivity contribution >= 4 is 19.7 Å². The van der Waals surface area contributed by atoms with Crippen molar-refractivity contribution in [1.82, 2.24) is 10.2 Å². The van der Waals surface area contributed by atoms with Crippen molar-refractivity contribution in [3.05, 3.63) is 35.0 Å². The maximum Gasteiger partial charge on any atom is 0.261 e. The highest BCUT2D eigenvalue weighted by Crippen LogP contribution is 2.29. The molecule has 2 aromatic rings. The van der Waals surface area contributed by atoms with Gasteiger partial charge in [0, 0.05) is 17.6 Å². The molecule has 8 heteroatoms. The minimum atomic E-state index is -3.76. The van der Waals surface area contributed by atoms with Crippen LogP contribution in [0.2, 0.25) is 0 Å². The van der Waals surface area contributed by atoms with Crippen LogP contribution in [0.4, 0.5) is 0 Å². The number of benzene rings is 1. The Bertz CT molecular complexity index is 740. The number of rotatable bonds is 4. The molecule has 0 radical (unpaired) electrons. The maximum atomic E-state index is 11.4. The average molecular weight is 317 g/mol. The molecule has 1 heterocycles. The Kier molecular flexibility index (Phi) is 4.01. The summed E-state index contributed by atoms with van der Waals surface area (Å²) >= 11 is 0. The molecule has 0 fully saturated rings. The number of hydrogen-bond donors (Lipinski definition) is 0. The van der Waals surface area contributed by atoms with Crippen LogP contribution in [0.5, 0.6) is 5.75 Å². The first-order valence-electron chi connectivity index (χ1n) is 5.75. The van der Waals surface area contributed by atoms with Crippen LogP contribution in [0, 0.1) is 20.8 Å². The van der Waals surface area contributed by atoms with Gasteiger partial charge in [-0.3, -0.25) is 0 Å². The standard InChI is InChI=1S/C12H13ClN2O4S/c1-7-8(2)11(20(13,16)17)5-4-10(7)18-6-12-15-14-9(3)19-12/h4-5H,6H2,1-3H3. The summed E-state index contributed by atoms with van der Waals surface area (Å²) in [7, 11) is 1.60. The summed E-state index contributed by atoms with van der Waals surface area (Å²) in [4.78, 5) is 0.0812. The molecule has 6 nitrogen and oxygen atoms in total. The summed E-state index contributed by atoms with van der Waals surface area (Å²) in [5.74, 6) is 1.36. The molecule has 0 atom stereocenters. The van der Waals surface area contributed by atoms with Crippen molar-refractivity contribution in [2.75, 3.05) is 0 Å². The Morgan fingerprint density at radius 2 is 1.90 bits per heavy atom. The Labute approximate surface area is 121 Å². The van der Waals surface area contributed by atoms with Crippen molar-refractivity contribution in [3.63, 3.8) is 0 Å². The third-order valence-electron chi connectivity index (χ3n) is 2.87. The predicted molar refractivity (Wildman–Crippen MR) is 72.3 cm³/mol. The summed E-state index contributed by atoms with van der Waals surface area (Å²) in [6.07, 6.45) is 0. The van der Waals surface area contributed by atoms with E-state index in [1.54, 1.807) is 26.8 Å². The van der Waals surface area contributed by atoms with Crippen molar-refractivity contribution in [2.45, 2.75) is 32.3 Å². The van der Waals surface area contributed by atoms with Gasteiger partial charge in [0.15, 0.2) is 6.61 Å². The van der Waals surface area contributed by atoms with Crippen molar-refractivity contribution < 1.29 is 17.6 Å². The number of nitrogens with zero attached hydrogens (tertiary/aromatic N) is 2. The van der Waals surface area contributed by atoms with Crippen LogP contribution in [-0.4, -0.2) is 18.6 Å². The maximum absolute atomic E-state index is 11.4. The van der Waals surface area contributed by atoms with Gasteiger partial charge in [-0.2, -0.15) is 0 Å². The molecule has 0 saturated heterocycles. The fraction of sp³-hybridized carbons (Fsp3) is 0.333. The topological polar surface area (TPSA) is 82.3 Å². The lowest BCUT2D eigenvalue weighted by molar-refractivity contribution is 0.258. The van der Waals surface area contributed by atoms with Crippen molar-refractivity contribution in [1.29, 1.82) is 0 Å². The quantitative estimate of drug-likeness (QED) is 0.806.